The predicted octanol–water partition coefficient (Wildman–Crippen LogP) is 3.60. The number of methoxy groups -OCH3 is 2. The summed E-state index contributed by atoms with van der Waals surface area (Å²) in [6.07, 6.45) is 3.34. The molecule has 2 aromatic carbocycles. The Hall–Kier alpha value is -2.55. The van der Waals surface area contributed by atoms with Crippen molar-refractivity contribution >= 4 is 11.9 Å². The molecule has 0 saturated carbocycles. The molecule has 20 heavy (non-hydrogen) atoms. The quantitative estimate of drug-likeness (QED) is 0.614. The van der Waals surface area contributed by atoms with E-state index in [1.54, 1.807) is 50.6 Å². The molecule has 0 heterocycles. The van der Waals surface area contributed by atoms with Crippen molar-refractivity contribution in [2.75, 3.05) is 14.2 Å². The number of carbonyl (C=O) groups excluding carboxylic acids is 1. The van der Waals surface area contributed by atoms with E-state index in [4.69, 9.17) is 9.47 Å². The zero-order chi connectivity index (χ0) is 14.4. The zero-order valence-electron chi connectivity index (χ0n) is 11.5. The van der Waals surface area contributed by atoms with E-state index < -0.39 is 0 Å². The van der Waals surface area contributed by atoms with E-state index in [-0.39, 0.29) is 5.78 Å². The predicted molar refractivity (Wildman–Crippen MR) is 79.4 cm³/mol. The number of ketones is 1. The van der Waals surface area contributed by atoms with E-state index in [9.17, 15) is 4.79 Å². The maximum Gasteiger partial charge on any atom is 0.185 e. The first-order valence-corrected chi connectivity index (χ1v) is 6.23. The van der Waals surface area contributed by atoms with Crippen molar-refractivity contribution in [2.45, 2.75) is 0 Å². The summed E-state index contributed by atoms with van der Waals surface area (Å²) in [4.78, 5) is 12.0. The van der Waals surface area contributed by atoms with Gasteiger partial charge in [0, 0.05) is 5.56 Å². The van der Waals surface area contributed by atoms with Gasteiger partial charge in [0.25, 0.3) is 0 Å². The SMILES string of the molecule is COc1ccc(C=CC(=O)c2ccc(OC)cc2)cc1. The van der Waals surface area contributed by atoms with Crippen molar-refractivity contribution in [1.29, 1.82) is 0 Å². The summed E-state index contributed by atoms with van der Waals surface area (Å²) >= 11 is 0. The van der Waals surface area contributed by atoms with E-state index >= 15 is 0 Å². The molecule has 0 N–H and O–H groups in total. The van der Waals surface area contributed by atoms with Gasteiger partial charge in [-0.15, -0.1) is 0 Å². The number of ether oxygens (including phenoxy) is 2. The summed E-state index contributed by atoms with van der Waals surface area (Å²) in [5.41, 5.74) is 1.59. The second kappa shape index (κ2) is 6.57. The first-order valence-electron chi connectivity index (χ1n) is 6.23. The number of benzene rings is 2. The summed E-state index contributed by atoms with van der Waals surface area (Å²) in [7, 11) is 3.22. The number of hydrogen-bond acceptors (Lipinski definition) is 3. The van der Waals surface area contributed by atoms with E-state index in [0.717, 1.165) is 17.1 Å². The maximum absolute atomic E-state index is 12.0. The van der Waals surface area contributed by atoms with Gasteiger partial charge in [-0.3, -0.25) is 4.79 Å². The summed E-state index contributed by atoms with van der Waals surface area (Å²) in [6.45, 7) is 0. The third-order valence-electron chi connectivity index (χ3n) is 2.92. The molecule has 3 nitrogen and oxygen atoms in total. The monoisotopic (exact) mass is 268 g/mol. The van der Waals surface area contributed by atoms with E-state index in [0.29, 0.717) is 5.56 Å². The highest BCUT2D eigenvalue weighted by Gasteiger charge is 2.01. The Morgan fingerprint density at radius 2 is 1.35 bits per heavy atom. The number of carbonyl (C=O) groups is 1. The first kappa shape index (κ1) is 13.9. The lowest BCUT2D eigenvalue weighted by molar-refractivity contribution is 0.104. The lowest BCUT2D eigenvalue weighted by Gasteiger charge is -2.01. The zero-order valence-corrected chi connectivity index (χ0v) is 11.5. The standard InChI is InChI=1S/C17H16O3/c1-19-15-8-3-13(4-9-15)5-12-17(18)14-6-10-16(20-2)11-7-14/h3-12H,1-2H3. The summed E-state index contributed by atoms with van der Waals surface area (Å²) in [6, 6.07) is 14.6. The van der Waals surface area contributed by atoms with Crippen molar-refractivity contribution in [3.63, 3.8) is 0 Å². The average molecular weight is 268 g/mol. The van der Waals surface area contributed by atoms with Crippen LogP contribution in [0, 0.1) is 0 Å². The third-order valence-corrected chi connectivity index (χ3v) is 2.92. The topological polar surface area (TPSA) is 35.5 Å². The van der Waals surface area contributed by atoms with Crippen LogP contribution in [0.15, 0.2) is 54.6 Å². The molecule has 0 aliphatic rings. The molecule has 0 aliphatic carbocycles. The minimum Gasteiger partial charge on any atom is -0.497 e. The molecule has 0 atom stereocenters. The van der Waals surface area contributed by atoms with Gasteiger partial charge >= 0.3 is 0 Å². The molecule has 3 heteroatoms. The smallest absolute Gasteiger partial charge is 0.185 e. The van der Waals surface area contributed by atoms with Gasteiger partial charge in [0.15, 0.2) is 5.78 Å². The summed E-state index contributed by atoms with van der Waals surface area (Å²) < 4.78 is 10.1. The molecule has 0 saturated heterocycles. The van der Waals surface area contributed by atoms with Crippen molar-refractivity contribution in [3.8, 4) is 11.5 Å². The van der Waals surface area contributed by atoms with Crippen LogP contribution in [0.5, 0.6) is 11.5 Å². The highest BCUT2D eigenvalue weighted by atomic mass is 16.5. The van der Waals surface area contributed by atoms with Gasteiger partial charge in [-0.05, 0) is 48.0 Å². The van der Waals surface area contributed by atoms with Crippen molar-refractivity contribution in [2.24, 2.45) is 0 Å². The first-order chi connectivity index (χ1) is 9.72. The normalized spacial score (nSPS) is 10.5. The fraction of sp³-hybridized carbons (Fsp3) is 0.118. The van der Waals surface area contributed by atoms with E-state index in [1.807, 2.05) is 24.3 Å². The molecule has 0 radical (unpaired) electrons. The average Bonchev–Trinajstić information content (AvgIpc) is 2.53. The molecular weight excluding hydrogens is 252 g/mol. The molecule has 2 aromatic rings. The molecule has 0 amide bonds. The summed E-state index contributed by atoms with van der Waals surface area (Å²) in [5, 5.41) is 0. The molecule has 0 spiro atoms. The van der Waals surface area contributed by atoms with Crippen LogP contribution < -0.4 is 9.47 Å². The number of allylic oxidation sites excluding steroid dienone is 1. The van der Waals surface area contributed by atoms with Crippen LogP contribution in [-0.4, -0.2) is 20.0 Å². The molecule has 0 fully saturated rings. The van der Waals surface area contributed by atoms with Crippen molar-refractivity contribution in [3.05, 3.63) is 65.7 Å². The van der Waals surface area contributed by atoms with Gasteiger partial charge in [-0.25, -0.2) is 0 Å². The van der Waals surface area contributed by atoms with Crippen LogP contribution in [0.3, 0.4) is 0 Å². The molecule has 0 unspecified atom stereocenters. The third kappa shape index (κ3) is 3.48. The number of hydrogen-bond donors (Lipinski definition) is 0. The van der Waals surface area contributed by atoms with E-state index in [1.165, 1.54) is 0 Å². The minimum absolute atomic E-state index is 0.0385. The van der Waals surface area contributed by atoms with Gasteiger partial charge < -0.3 is 9.47 Å². The molecule has 102 valence electrons. The van der Waals surface area contributed by atoms with Crippen molar-refractivity contribution in [1.82, 2.24) is 0 Å². The van der Waals surface area contributed by atoms with Crippen LogP contribution in [0.25, 0.3) is 6.08 Å². The Labute approximate surface area is 118 Å². The lowest BCUT2D eigenvalue weighted by atomic mass is 10.1. The van der Waals surface area contributed by atoms with Gasteiger partial charge in [0.05, 0.1) is 14.2 Å². The van der Waals surface area contributed by atoms with Crippen LogP contribution in [0.2, 0.25) is 0 Å². The second-order valence-electron chi connectivity index (χ2n) is 4.20. The van der Waals surface area contributed by atoms with Crippen LogP contribution >= 0.6 is 0 Å². The fourth-order valence-corrected chi connectivity index (χ4v) is 1.74. The Bertz CT molecular complexity index is 595. The van der Waals surface area contributed by atoms with E-state index in [2.05, 4.69) is 0 Å². The Kier molecular flexibility index (Phi) is 4.56. The van der Waals surface area contributed by atoms with Crippen molar-refractivity contribution < 1.29 is 14.3 Å². The minimum atomic E-state index is -0.0385. The molecule has 0 aromatic heterocycles. The maximum atomic E-state index is 12.0. The van der Waals surface area contributed by atoms with Crippen LogP contribution in [0.4, 0.5) is 0 Å². The Morgan fingerprint density at radius 1 is 0.850 bits per heavy atom. The van der Waals surface area contributed by atoms with Crippen LogP contribution in [-0.2, 0) is 0 Å². The highest BCUT2D eigenvalue weighted by molar-refractivity contribution is 6.06. The highest BCUT2D eigenvalue weighted by Crippen LogP contribution is 2.14. The molecular formula is C17H16O3. The fourth-order valence-electron chi connectivity index (χ4n) is 1.74. The number of rotatable bonds is 5. The second-order valence-corrected chi connectivity index (χ2v) is 4.20. The molecule has 2 rings (SSSR count). The molecule has 0 bridgehead atoms. The Balaban J connectivity index is 2.07. The largest absolute Gasteiger partial charge is 0.497 e. The van der Waals surface area contributed by atoms with Gasteiger partial charge in [0.2, 0.25) is 0 Å². The molecule has 0 aliphatic heterocycles. The lowest BCUT2D eigenvalue weighted by Crippen LogP contribution is -1.94. The van der Waals surface area contributed by atoms with Gasteiger partial charge in [0.1, 0.15) is 11.5 Å². The van der Waals surface area contributed by atoms with Gasteiger partial charge in [-0.2, -0.15) is 0 Å². The Morgan fingerprint density at radius 3 is 1.85 bits per heavy atom. The van der Waals surface area contributed by atoms with Crippen LogP contribution in [0.1, 0.15) is 15.9 Å². The van der Waals surface area contributed by atoms with Gasteiger partial charge in [-0.1, -0.05) is 18.2 Å². The summed E-state index contributed by atoms with van der Waals surface area (Å²) in [5.74, 6) is 1.49.